The minimum atomic E-state index is -1.35. The van der Waals surface area contributed by atoms with E-state index in [-0.39, 0.29) is 6.54 Å². The summed E-state index contributed by atoms with van der Waals surface area (Å²) in [5.41, 5.74) is 4.72. The second kappa shape index (κ2) is 5.16. The van der Waals surface area contributed by atoms with Crippen molar-refractivity contribution in [3.05, 3.63) is 0 Å². The number of nitrogens with two attached hydrogens (primary N) is 1. The van der Waals surface area contributed by atoms with Crippen molar-refractivity contribution >= 4 is 11.8 Å². The molecule has 0 spiro atoms. The molecule has 0 aliphatic rings. The van der Waals surface area contributed by atoms with E-state index in [1.165, 1.54) is 6.92 Å². The number of primary amides is 1. The van der Waals surface area contributed by atoms with Gasteiger partial charge in [0.05, 0.1) is 6.54 Å². The van der Waals surface area contributed by atoms with Crippen LogP contribution in [0.5, 0.6) is 0 Å². The van der Waals surface area contributed by atoms with Gasteiger partial charge in [-0.3, -0.25) is 9.59 Å². The predicted molar refractivity (Wildman–Crippen MR) is 41.7 cm³/mol. The van der Waals surface area contributed by atoms with Crippen molar-refractivity contribution in [3.8, 4) is 11.8 Å². The van der Waals surface area contributed by atoms with Crippen LogP contribution in [-0.4, -0.2) is 29.6 Å². The van der Waals surface area contributed by atoms with Gasteiger partial charge in [0, 0.05) is 0 Å². The largest absolute Gasteiger partial charge is 0.381 e. The third-order valence-electron chi connectivity index (χ3n) is 1.02. The van der Waals surface area contributed by atoms with Gasteiger partial charge in [0.15, 0.2) is 0 Å². The van der Waals surface area contributed by atoms with Gasteiger partial charge in [0.25, 0.3) is 5.91 Å². The zero-order chi connectivity index (χ0) is 9.56. The van der Waals surface area contributed by atoms with E-state index in [9.17, 15) is 9.59 Å². The molecule has 0 aliphatic carbocycles. The Balaban J connectivity index is 3.73. The Morgan fingerprint density at radius 2 is 2.25 bits per heavy atom. The zero-order valence-corrected chi connectivity index (χ0v) is 6.63. The standard InChI is InChI=1S/C7H10N2O3/c1-2-3-6(11)9-4-5(10)7(8)12/h5,10H,4H2,1H3,(H2,8,12)(H,9,11). The summed E-state index contributed by atoms with van der Waals surface area (Å²) in [6.07, 6.45) is -1.35. The minimum Gasteiger partial charge on any atom is -0.381 e. The molecule has 4 N–H and O–H groups in total. The predicted octanol–water partition coefficient (Wildman–Crippen LogP) is -2.03. The number of hydrogen-bond donors (Lipinski definition) is 3. The highest BCUT2D eigenvalue weighted by Crippen LogP contribution is 1.76. The molecule has 2 amide bonds. The fourth-order valence-corrected chi connectivity index (χ4v) is 0.448. The number of carbonyl (C=O) groups is 2. The van der Waals surface area contributed by atoms with Gasteiger partial charge in [0.2, 0.25) is 5.91 Å². The summed E-state index contributed by atoms with van der Waals surface area (Å²) >= 11 is 0. The average Bonchev–Trinajstić information content (AvgIpc) is 2.00. The Kier molecular flexibility index (Phi) is 4.49. The Hall–Kier alpha value is -1.54. The van der Waals surface area contributed by atoms with E-state index < -0.39 is 17.9 Å². The van der Waals surface area contributed by atoms with Gasteiger partial charge < -0.3 is 16.2 Å². The lowest BCUT2D eigenvalue weighted by atomic mass is 10.3. The fourth-order valence-electron chi connectivity index (χ4n) is 0.448. The SMILES string of the molecule is CC#CC(=O)NCC(O)C(N)=O. The summed E-state index contributed by atoms with van der Waals surface area (Å²) in [7, 11) is 0. The van der Waals surface area contributed by atoms with E-state index in [1.54, 1.807) is 0 Å². The molecule has 0 saturated carbocycles. The quantitative estimate of drug-likeness (QED) is 0.426. The van der Waals surface area contributed by atoms with Crippen LogP contribution in [0.4, 0.5) is 0 Å². The first-order valence-corrected chi connectivity index (χ1v) is 3.26. The van der Waals surface area contributed by atoms with Crippen LogP contribution in [0.3, 0.4) is 0 Å². The van der Waals surface area contributed by atoms with Crippen molar-refractivity contribution in [2.45, 2.75) is 13.0 Å². The normalized spacial score (nSPS) is 10.8. The van der Waals surface area contributed by atoms with Crippen molar-refractivity contribution in [1.29, 1.82) is 0 Å². The molecule has 0 fully saturated rings. The fraction of sp³-hybridized carbons (Fsp3) is 0.429. The molecular formula is C7H10N2O3. The van der Waals surface area contributed by atoms with Crippen LogP contribution < -0.4 is 11.1 Å². The third-order valence-corrected chi connectivity index (χ3v) is 1.02. The summed E-state index contributed by atoms with van der Waals surface area (Å²) in [6, 6.07) is 0. The summed E-state index contributed by atoms with van der Waals surface area (Å²) in [6.45, 7) is 1.30. The van der Waals surface area contributed by atoms with Crippen molar-refractivity contribution in [3.63, 3.8) is 0 Å². The number of rotatable bonds is 3. The summed E-state index contributed by atoms with van der Waals surface area (Å²) < 4.78 is 0. The summed E-state index contributed by atoms with van der Waals surface area (Å²) in [4.78, 5) is 20.9. The van der Waals surface area contributed by atoms with E-state index >= 15 is 0 Å². The average molecular weight is 170 g/mol. The number of amides is 2. The lowest BCUT2D eigenvalue weighted by molar-refractivity contribution is -0.126. The molecule has 66 valence electrons. The van der Waals surface area contributed by atoms with E-state index in [4.69, 9.17) is 10.8 Å². The van der Waals surface area contributed by atoms with Crippen molar-refractivity contribution in [2.75, 3.05) is 6.54 Å². The van der Waals surface area contributed by atoms with Crippen LogP contribution in [0.25, 0.3) is 0 Å². The number of aliphatic hydroxyl groups excluding tert-OH is 1. The molecule has 0 aromatic heterocycles. The van der Waals surface area contributed by atoms with E-state index in [0.29, 0.717) is 0 Å². The summed E-state index contributed by atoms with van der Waals surface area (Å²) in [5.74, 6) is 3.12. The van der Waals surface area contributed by atoms with Gasteiger partial charge in [0.1, 0.15) is 6.10 Å². The molecular weight excluding hydrogens is 160 g/mol. The molecule has 1 atom stereocenters. The molecule has 0 bridgehead atoms. The van der Waals surface area contributed by atoms with Gasteiger partial charge in [-0.15, -0.1) is 0 Å². The lowest BCUT2D eigenvalue weighted by Crippen LogP contribution is -2.39. The van der Waals surface area contributed by atoms with Crippen LogP contribution in [0.1, 0.15) is 6.92 Å². The van der Waals surface area contributed by atoms with Crippen molar-refractivity contribution in [1.82, 2.24) is 5.32 Å². The van der Waals surface area contributed by atoms with Crippen molar-refractivity contribution < 1.29 is 14.7 Å². The number of nitrogens with one attached hydrogen (secondary N) is 1. The minimum absolute atomic E-state index is 0.206. The second-order valence-electron chi connectivity index (χ2n) is 2.00. The van der Waals surface area contributed by atoms with E-state index in [2.05, 4.69) is 17.2 Å². The molecule has 5 nitrogen and oxygen atoms in total. The van der Waals surface area contributed by atoms with Crippen LogP contribution in [0, 0.1) is 11.8 Å². The van der Waals surface area contributed by atoms with Gasteiger partial charge in [-0.05, 0) is 12.8 Å². The zero-order valence-electron chi connectivity index (χ0n) is 6.63. The van der Waals surface area contributed by atoms with Gasteiger partial charge in [-0.1, -0.05) is 5.92 Å². The molecule has 0 aromatic carbocycles. The van der Waals surface area contributed by atoms with Gasteiger partial charge >= 0.3 is 0 Å². The molecule has 0 heterocycles. The Morgan fingerprint density at radius 3 is 2.67 bits per heavy atom. The van der Waals surface area contributed by atoms with Crippen LogP contribution >= 0.6 is 0 Å². The smallest absolute Gasteiger partial charge is 0.295 e. The maximum Gasteiger partial charge on any atom is 0.295 e. The van der Waals surface area contributed by atoms with Crippen LogP contribution in [-0.2, 0) is 9.59 Å². The third kappa shape index (κ3) is 4.30. The molecule has 0 saturated heterocycles. The van der Waals surface area contributed by atoms with Gasteiger partial charge in [-0.2, -0.15) is 0 Å². The van der Waals surface area contributed by atoms with Crippen molar-refractivity contribution in [2.24, 2.45) is 5.73 Å². The second-order valence-corrected chi connectivity index (χ2v) is 2.00. The first-order chi connectivity index (χ1) is 5.57. The molecule has 0 radical (unpaired) electrons. The Morgan fingerprint density at radius 1 is 1.67 bits per heavy atom. The first-order valence-electron chi connectivity index (χ1n) is 3.26. The highest BCUT2D eigenvalue weighted by molar-refractivity contribution is 5.93. The highest BCUT2D eigenvalue weighted by atomic mass is 16.3. The number of aliphatic hydroxyl groups is 1. The van der Waals surface area contributed by atoms with Crippen LogP contribution in [0.2, 0.25) is 0 Å². The highest BCUT2D eigenvalue weighted by Gasteiger charge is 2.10. The van der Waals surface area contributed by atoms with Gasteiger partial charge in [-0.25, -0.2) is 0 Å². The van der Waals surface area contributed by atoms with E-state index in [1.807, 2.05) is 0 Å². The topological polar surface area (TPSA) is 92.4 Å². The molecule has 5 heteroatoms. The maximum absolute atomic E-state index is 10.6. The monoisotopic (exact) mass is 170 g/mol. The number of hydrogen-bond acceptors (Lipinski definition) is 3. The molecule has 0 aliphatic heterocycles. The molecule has 12 heavy (non-hydrogen) atoms. The first kappa shape index (κ1) is 10.5. The Labute approximate surface area is 69.9 Å². The molecule has 0 rings (SSSR count). The lowest BCUT2D eigenvalue weighted by Gasteiger charge is -2.04. The van der Waals surface area contributed by atoms with E-state index in [0.717, 1.165) is 0 Å². The Bertz CT molecular complexity index is 239. The summed E-state index contributed by atoms with van der Waals surface area (Å²) in [5, 5.41) is 11.0. The molecule has 1 unspecified atom stereocenters. The maximum atomic E-state index is 10.6. The molecule has 0 aromatic rings. The van der Waals surface area contributed by atoms with Crippen LogP contribution in [0.15, 0.2) is 0 Å². The number of carbonyl (C=O) groups excluding carboxylic acids is 2.